The van der Waals surface area contributed by atoms with E-state index in [0.29, 0.717) is 17.5 Å². The molecule has 31 heavy (non-hydrogen) atoms. The normalized spacial score (nSPS) is 14.5. The third kappa shape index (κ3) is 3.93. The zero-order valence-corrected chi connectivity index (χ0v) is 18.2. The Morgan fingerprint density at radius 3 is 2.42 bits per heavy atom. The maximum Gasteiger partial charge on any atom is 0.262 e. The number of nitrogens with zero attached hydrogens (tertiary/aromatic N) is 5. The maximum absolute atomic E-state index is 13.0. The number of para-hydroxylation sites is 1. The molecule has 3 aromatic heterocycles. The summed E-state index contributed by atoms with van der Waals surface area (Å²) >= 11 is 0. The topological polar surface area (TPSA) is 79.7 Å². The summed E-state index contributed by atoms with van der Waals surface area (Å²) in [6, 6.07) is 14.0. The molecular formula is C23H25ClN6O. The van der Waals surface area contributed by atoms with E-state index in [-0.39, 0.29) is 23.9 Å². The fraction of sp³-hybridized carbons (Fsp3) is 0.304. The van der Waals surface area contributed by atoms with Gasteiger partial charge in [-0.15, -0.1) is 12.4 Å². The number of anilines is 1. The van der Waals surface area contributed by atoms with Gasteiger partial charge < -0.3 is 9.88 Å². The van der Waals surface area contributed by atoms with Gasteiger partial charge in [-0.3, -0.25) is 9.78 Å². The van der Waals surface area contributed by atoms with Crippen LogP contribution in [0.5, 0.6) is 0 Å². The van der Waals surface area contributed by atoms with Crippen molar-refractivity contribution < 1.29 is 0 Å². The fourth-order valence-corrected chi connectivity index (χ4v) is 4.27. The Balaban J connectivity index is 0.00000231. The van der Waals surface area contributed by atoms with Gasteiger partial charge in [0.15, 0.2) is 5.65 Å². The summed E-state index contributed by atoms with van der Waals surface area (Å²) < 4.78 is 1.80. The number of hydrogen-bond acceptors (Lipinski definition) is 5. The first-order chi connectivity index (χ1) is 14.7. The largest absolute Gasteiger partial charge is 0.371 e. The second-order valence-electron chi connectivity index (χ2n) is 7.66. The molecule has 160 valence electrons. The molecule has 0 unspecified atom stereocenters. The van der Waals surface area contributed by atoms with Crippen LogP contribution in [0.25, 0.3) is 16.7 Å². The van der Waals surface area contributed by atoms with Gasteiger partial charge >= 0.3 is 0 Å². The molecule has 4 heterocycles. The summed E-state index contributed by atoms with van der Waals surface area (Å²) in [6.07, 6.45) is 6.22. The number of rotatable bonds is 4. The molecule has 0 saturated carbocycles. The third-order valence-corrected chi connectivity index (χ3v) is 5.87. The summed E-state index contributed by atoms with van der Waals surface area (Å²) in [5, 5.41) is 5.29. The van der Waals surface area contributed by atoms with Gasteiger partial charge in [0.05, 0.1) is 11.4 Å². The Kier molecular flexibility index (Phi) is 6.04. The lowest BCUT2D eigenvalue weighted by atomic mass is 9.95. The molecule has 0 atom stereocenters. The van der Waals surface area contributed by atoms with Crippen LogP contribution < -0.4 is 10.5 Å². The van der Waals surface area contributed by atoms with Crippen LogP contribution in [-0.4, -0.2) is 37.8 Å². The smallest absolute Gasteiger partial charge is 0.262 e. The van der Waals surface area contributed by atoms with Crippen molar-refractivity contribution >= 4 is 29.1 Å². The van der Waals surface area contributed by atoms with Crippen LogP contribution in [0.15, 0.2) is 59.7 Å². The number of H-pyrrole nitrogens is 1. The van der Waals surface area contributed by atoms with E-state index >= 15 is 0 Å². The molecule has 4 aromatic rings. The maximum atomic E-state index is 13.0. The molecule has 1 saturated heterocycles. The molecule has 1 aliphatic heterocycles. The molecule has 7 nitrogen and oxygen atoms in total. The second-order valence-corrected chi connectivity index (χ2v) is 7.66. The summed E-state index contributed by atoms with van der Waals surface area (Å²) in [5.41, 5.74) is 3.44. The van der Waals surface area contributed by atoms with E-state index in [4.69, 9.17) is 10.1 Å². The highest BCUT2D eigenvalue weighted by Crippen LogP contribution is 2.29. The number of aromatic nitrogens is 5. The molecule has 1 aliphatic rings. The van der Waals surface area contributed by atoms with Gasteiger partial charge in [-0.05, 0) is 43.5 Å². The van der Waals surface area contributed by atoms with E-state index in [0.717, 1.165) is 43.1 Å². The Morgan fingerprint density at radius 2 is 1.74 bits per heavy atom. The Hall–Kier alpha value is -3.19. The van der Waals surface area contributed by atoms with Crippen molar-refractivity contribution in [1.82, 2.24) is 24.7 Å². The first-order valence-electron chi connectivity index (χ1n) is 10.5. The molecule has 0 aliphatic carbocycles. The van der Waals surface area contributed by atoms with Crippen molar-refractivity contribution in [3.05, 3.63) is 76.7 Å². The quantitative estimate of drug-likeness (QED) is 0.525. The first kappa shape index (κ1) is 21.1. The van der Waals surface area contributed by atoms with Gasteiger partial charge in [-0.2, -0.15) is 5.10 Å². The second kappa shape index (κ2) is 8.89. The van der Waals surface area contributed by atoms with Gasteiger partial charge in [0.25, 0.3) is 5.56 Å². The number of halogens is 1. The Bertz CT molecular complexity index is 1210. The molecule has 0 radical (unpaired) electrons. The lowest BCUT2D eigenvalue weighted by Gasteiger charge is -2.33. The predicted molar refractivity (Wildman–Crippen MR) is 125 cm³/mol. The number of benzene rings is 1. The van der Waals surface area contributed by atoms with Gasteiger partial charge in [0, 0.05) is 37.1 Å². The van der Waals surface area contributed by atoms with Crippen molar-refractivity contribution in [3.8, 4) is 5.69 Å². The fourth-order valence-electron chi connectivity index (χ4n) is 4.27. The van der Waals surface area contributed by atoms with Gasteiger partial charge in [-0.1, -0.05) is 25.1 Å². The highest BCUT2D eigenvalue weighted by molar-refractivity contribution is 5.85. The monoisotopic (exact) mass is 436 g/mol. The molecular weight excluding hydrogens is 412 g/mol. The van der Waals surface area contributed by atoms with Crippen LogP contribution in [0, 0.1) is 0 Å². The average Bonchev–Trinajstić information content (AvgIpc) is 3.20. The van der Waals surface area contributed by atoms with E-state index in [2.05, 4.69) is 14.9 Å². The van der Waals surface area contributed by atoms with Crippen LogP contribution in [0.3, 0.4) is 0 Å². The van der Waals surface area contributed by atoms with Crippen molar-refractivity contribution in [2.45, 2.75) is 32.1 Å². The zero-order valence-electron chi connectivity index (χ0n) is 17.4. The van der Waals surface area contributed by atoms with Crippen LogP contribution in [0.2, 0.25) is 0 Å². The molecule has 1 N–H and O–H groups in total. The van der Waals surface area contributed by atoms with Crippen LogP contribution in [0.4, 0.5) is 5.69 Å². The minimum atomic E-state index is -0.0920. The lowest BCUT2D eigenvalue weighted by molar-refractivity contribution is 0.485. The highest BCUT2D eigenvalue weighted by atomic mass is 35.5. The van der Waals surface area contributed by atoms with Crippen LogP contribution in [-0.2, 0) is 6.42 Å². The standard InChI is InChI=1S/C23H24N6O.ClH/c1-2-19-20-22(29(27-19)18-6-4-3-5-7-18)25-21(26-23(20)30)16-10-14-28(15-11-16)17-8-12-24-13-9-17;/h3-9,12-13,16H,2,10-11,14-15H2,1H3,(H,25,26,30);1H. The van der Waals surface area contributed by atoms with Crippen LogP contribution >= 0.6 is 12.4 Å². The summed E-state index contributed by atoms with van der Waals surface area (Å²) in [6.45, 7) is 3.86. The highest BCUT2D eigenvalue weighted by Gasteiger charge is 2.25. The van der Waals surface area contributed by atoms with Gasteiger partial charge in [-0.25, -0.2) is 9.67 Å². The number of hydrogen-bond donors (Lipinski definition) is 1. The SMILES string of the molecule is CCc1nn(-c2ccccc2)c2nc(C3CCN(c4ccncc4)CC3)[nH]c(=O)c12.Cl. The van der Waals surface area contributed by atoms with E-state index < -0.39 is 0 Å². The minimum Gasteiger partial charge on any atom is -0.371 e. The first-order valence-corrected chi connectivity index (χ1v) is 10.5. The summed E-state index contributed by atoms with van der Waals surface area (Å²) in [4.78, 5) is 27.4. The Labute approximate surface area is 186 Å². The van der Waals surface area contributed by atoms with E-state index in [1.54, 1.807) is 4.68 Å². The third-order valence-electron chi connectivity index (χ3n) is 5.87. The summed E-state index contributed by atoms with van der Waals surface area (Å²) in [7, 11) is 0. The zero-order chi connectivity index (χ0) is 20.5. The van der Waals surface area contributed by atoms with Crippen LogP contribution in [0.1, 0.15) is 37.2 Å². The van der Waals surface area contributed by atoms with Gasteiger partial charge in [0.1, 0.15) is 11.2 Å². The number of pyridine rings is 1. The predicted octanol–water partition coefficient (Wildman–Crippen LogP) is 3.87. The number of nitrogens with one attached hydrogen (secondary N) is 1. The van der Waals surface area contributed by atoms with Gasteiger partial charge in [0.2, 0.25) is 0 Å². The molecule has 1 fully saturated rings. The minimum absolute atomic E-state index is 0. The molecule has 1 aromatic carbocycles. The van der Waals surface area contributed by atoms with Crippen molar-refractivity contribution in [2.24, 2.45) is 0 Å². The Morgan fingerprint density at radius 1 is 1.03 bits per heavy atom. The van der Waals surface area contributed by atoms with Crippen molar-refractivity contribution in [2.75, 3.05) is 18.0 Å². The van der Waals surface area contributed by atoms with E-state index in [1.165, 1.54) is 5.69 Å². The molecule has 0 spiro atoms. The molecule has 5 rings (SSSR count). The molecule has 0 bridgehead atoms. The lowest BCUT2D eigenvalue weighted by Crippen LogP contribution is -2.33. The number of fused-ring (bicyclic) bond motifs is 1. The molecule has 8 heteroatoms. The van der Waals surface area contributed by atoms with E-state index in [1.807, 2.05) is 61.8 Å². The molecule has 0 amide bonds. The number of aromatic amines is 1. The average molecular weight is 437 g/mol. The van der Waals surface area contributed by atoms with Crippen molar-refractivity contribution in [3.63, 3.8) is 0 Å². The van der Waals surface area contributed by atoms with Crippen molar-refractivity contribution in [1.29, 1.82) is 0 Å². The number of aryl methyl sites for hydroxylation is 1. The summed E-state index contributed by atoms with van der Waals surface area (Å²) in [5.74, 6) is 0.992. The number of piperidine rings is 1. The van der Waals surface area contributed by atoms with E-state index in [9.17, 15) is 4.79 Å².